The van der Waals surface area contributed by atoms with Gasteiger partial charge in [-0.05, 0) is 19.9 Å². The minimum atomic E-state index is -3.39. The van der Waals surface area contributed by atoms with E-state index < -0.39 is 26.8 Å². The molecule has 0 aliphatic rings. The van der Waals surface area contributed by atoms with Crippen LogP contribution in [0.25, 0.3) is 0 Å². The molecule has 0 saturated heterocycles. The molecule has 78 valence electrons. The number of methoxy groups -OCH3 is 1. The van der Waals surface area contributed by atoms with Crippen LogP contribution in [-0.4, -0.2) is 39.0 Å². The molecular formula is C7H15NO4S. The molecule has 0 rings (SSSR count). The highest BCUT2D eigenvalue weighted by molar-refractivity contribution is 7.92. The average molecular weight is 209 g/mol. The Labute approximate surface area is 78.2 Å². The Bertz CT molecular complexity index is 260. The molecular weight excluding hydrogens is 194 g/mol. The molecule has 0 aromatic rings. The fourth-order valence-corrected chi connectivity index (χ4v) is 2.01. The summed E-state index contributed by atoms with van der Waals surface area (Å²) >= 11 is 0. The summed E-state index contributed by atoms with van der Waals surface area (Å²) in [5.41, 5.74) is 5.21. The van der Waals surface area contributed by atoms with Crippen molar-refractivity contribution in [2.24, 2.45) is 5.73 Å². The number of hydrogen-bond acceptors (Lipinski definition) is 5. The second-order valence-electron chi connectivity index (χ2n) is 2.77. The van der Waals surface area contributed by atoms with Gasteiger partial charge in [0.25, 0.3) is 0 Å². The van der Waals surface area contributed by atoms with Crippen molar-refractivity contribution >= 4 is 15.8 Å². The lowest BCUT2D eigenvalue weighted by Crippen LogP contribution is -2.28. The number of sulfone groups is 1. The number of nitrogens with two attached hydrogens (primary N) is 1. The third kappa shape index (κ3) is 4.23. The van der Waals surface area contributed by atoms with Gasteiger partial charge in [-0.3, -0.25) is 4.79 Å². The molecule has 0 amide bonds. The zero-order valence-electron chi connectivity index (χ0n) is 7.82. The molecule has 0 aromatic heterocycles. The summed E-state index contributed by atoms with van der Waals surface area (Å²) in [6.45, 7) is 1.83. The lowest BCUT2D eigenvalue weighted by Gasteiger charge is -2.09. The van der Waals surface area contributed by atoms with Crippen molar-refractivity contribution in [1.29, 1.82) is 0 Å². The van der Waals surface area contributed by atoms with Gasteiger partial charge in [0.05, 0.1) is 12.4 Å². The number of carbonyl (C=O) groups is 1. The van der Waals surface area contributed by atoms with E-state index in [4.69, 9.17) is 5.73 Å². The van der Waals surface area contributed by atoms with Crippen LogP contribution in [0, 0.1) is 0 Å². The zero-order valence-corrected chi connectivity index (χ0v) is 8.63. The van der Waals surface area contributed by atoms with Gasteiger partial charge < -0.3 is 10.5 Å². The normalized spacial score (nSPS) is 13.8. The van der Waals surface area contributed by atoms with Gasteiger partial charge >= 0.3 is 5.97 Å². The highest BCUT2D eigenvalue weighted by Crippen LogP contribution is 2.05. The summed E-state index contributed by atoms with van der Waals surface area (Å²) in [6, 6.07) is 0. The van der Waals surface area contributed by atoms with Crippen molar-refractivity contribution in [3.8, 4) is 0 Å². The van der Waals surface area contributed by atoms with Gasteiger partial charge in [-0.15, -0.1) is 0 Å². The number of rotatable bonds is 5. The summed E-state index contributed by atoms with van der Waals surface area (Å²) in [4.78, 5) is 10.7. The van der Waals surface area contributed by atoms with Crippen LogP contribution in [0.1, 0.15) is 13.3 Å². The number of esters is 1. The highest BCUT2D eigenvalue weighted by atomic mass is 32.2. The standard InChI is InChI=1S/C7H15NO4S/c1-6(3-4-8)13(10,11)5-7(9)12-2/h6H,3-5,8H2,1-2H3. The summed E-state index contributed by atoms with van der Waals surface area (Å²) in [5.74, 6) is -1.30. The Hall–Kier alpha value is -0.620. The van der Waals surface area contributed by atoms with Gasteiger partial charge in [0.2, 0.25) is 0 Å². The second kappa shape index (κ2) is 5.18. The quantitative estimate of drug-likeness (QED) is 0.606. The van der Waals surface area contributed by atoms with E-state index in [0.29, 0.717) is 13.0 Å². The first-order valence-electron chi connectivity index (χ1n) is 3.92. The predicted molar refractivity (Wildman–Crippen MR) is 48.9 cm³/mol. The van der Waals surface area contributed by atoms with Crippen molar-refractivity contribution in [2.75, 3.05) is 19.4 Å². The Morgan fingerprint density at radius 3 is 2.46 bits per heavy atom. The molecule has 0 fully saturated rings. The van der Waals surface area contributed by atoms with Crippen LogP contribution >= 0.6 is 0 Å². The smallest absolute Gasteiger partial charge is 0.320 e. The van der Waals surface area contributed by atoms with Crippen LogP contribution in [0.5, 0.6) is 0 Å². The van der Waals surface area contributed by atoms with Crippen LogP contribution in [0.4, 0.5) is 0 Å². The monoisotopic (exact) mass is 209 g/mol. The Morgan fingerprint density at radius 1 is 1.54 bits per heavy atom. The maximum absolute atomic E-state index is 11.3. The van der Waals surface area contributed by atoms with Gasteiger partial charge in [0, 0.05) is 0 Å². The van der Waals surface area contributed by atoms with Crippen molar-refractivity contribution < 1.29 is 17.9 Å². The number of hydrogen-bond donors (Lipinski definition) is 1. The molecule has 6 heteroatoms. The van der Waals surface area contributed by atoms with Crippen molar-refractivity contribution in [1.82, 2.24) is 0 Å². The summed E-state index contributed by atoms with van der Waals surface area (Å²) in [7, 11) is -2.23. The number of carbonyl (C=O) groups excluding carboxylic acids is 1. The Balaban J connectivity index is 4.31. The summed E-state index contributed by atoms with van der Waals surface area (Å²) < 4.78 is 26.9. The Morgan fingerprint density at radius 2 is 2.08 bits per heavy atom. The van der Waals surface area contributed by atoms with Crippen LogP contribution in [0.2, 0.25) is 0 Å². The third-order valence-corrected chi connectivity index (χ3v) is 3.83. The maximum atomic E-state index is 11.3. The second-order valence-corrected chi connectivity index (χ2v) is 5.19. The average Bonchev–Trinajstić information content (AvgIpc) is 2.04. The van der Waals surface area contributed by atoms with Crippen molar-refractivity contribution in [2.45, 2.75) is 18.6 Å². The van der Waals surface area contributed by atoms with E-state index in [2.05, 4.69) is 4.74 Å². The van der Waals surface area contributed by atoms with E-state index in [1.54, 1.807) is 0 Å². The van der Waals surface area contributed by atoms with Crippen molar-refractivity contribution in [3.05, 3.63) is 0 Å². The van der Waals surface area contributed by atoms with Gasteiger partial charge in [-0.1, -0.05) is 0 Å². The van der Waals surface area contributed by atoms with Crippen LogP contribution < -0.4 is 5.73 Å². The van der Waals surface area contributed by atoms with Crippen LogP contribution in [0.15, 0.2) is 0 Å². The van der Waals surface area contributed by atoms with Gasteiger partial charge in [0.1, 0.15) is 5.75 Å². The third-order valence-electron chi connectivity index (χ3n) is 1.73. The minimum absolute atomic E-state index is 0.293. The minimum Gasteiger partial charge on any atom is -0.468 e. The van der Waals surface area contributed by atoms with Gasteiger partial charge in [0.15, 0.2) is 9.84 Å². The molecule has 0 bridgehead atoms. The zero-order chi connectivity index (χ0) is 10.5. The molecule has 0 spiro atoms. The molecule has 0 aliphatic heterocycles. The SMILES string of the molecule is COC(=O)CS(=O)(=O)C(C)CCN. The molecule has 2 N–H and O–H groups in total. The molecule has 0 heterocycles. The first-order chi connectivity index (χ1) is 5.94. The van der Waals surface area contributed by atoms with Gasteiger partial charge in [-0.2, -0.15) is 0 Å². The molecule has 5 nitrogen and oxygen atoms in total. The molecule has 0 aromatic carbocycles. The summed E-state index contributed by atoms with van der Waals surface area (Å²) in [6.07, 6.45) is 0.360. The lowest BCUT2D eigenvalue weighted by molar-refractivity contribution is -0.137. The fraction of sp³-hybridized carbons (Fsp3) is 0.857. The first-order valence-corrected chi connectivity index (χ1v) is 5.64. The molecule has 13 heavy (non-hydrogen) atoms. The lowest BCUT2D eigenvalue weighted by atomic mass is 10.3. The first kappa shape index (κ1) is 12.4. The van der Waals surface area contributed by atoms with E-state index in [9.17, 15) is 13.2 Å². The number of ether oxygens (including phenoxy) is 1. The topological polar surface area (TPSA) is 86.5 Å². The highest BCUT2D eigenvalue weighted by Gasteiger charge is 2.23. The molecule has 0 saturated carbocycles. The van der Waals surface area contributed by atoms with Crippen molar-refractivity contribution in [3.63, 3.8) is 0 Å². The molecule has 1 atom stereocenters. The Kier molecular flexibility index (Phi) is 4.94. The van der Waals surface area contributed by atoms with Gasteiger partial charge in [-0.25, -0.2) is 8.42 Å². The van der Waals surface area contributed by atoms with Crippen LogP contribution in [-0.2, 0) is 19.4 Å². The maximum Gasteiger partial charge on any atom is 0.320 e. The van der Waals surface area contributed by atoms with E-state index >= 15 is 0 Å². The van der Waals surface area contributed by atoms with Crippen LogP contribution in [0.3, 0.4) is 0 Å². The molecule has 0 radical (unpaired) electrons. The van der Waals surface area contributed by atoms with E-state index in [-0.39, 0.29) is 0 Å². The molecule has 1 unspecified atom stereocenters. The summed E-state index contributed by atoms with van der Waals surface area (Å²) in [5, 5.41) is -0.586. The van der Waals surface area contributed by atoms with E-state index in [0.717, 1.165) is 7.11 Å². The van der Waals surface area contributed by atoms with E-state index in [1.165, 1.54) is 6.92 Å². The van der Waals surface area contributed by atoms with E-state index in [1.807, 2.05) is 0 Å². The largest absolute Gasteiger partial charge is 0.468 e. The predicted octanol–water partition coefficient (Wildman–Crippen LogP) is -0.688. The fourth-order valence-electron chi connectivity index (χ4n) is 0.780. The molecule has 0 aliphatic carbocycles.